The summed E-state index contributed by atoms with van der Waals surface area (Å²) in [5.41, 5.74) is 6.41. The standard InChI is InChI=1S/C28H24IN3O4S/c1-15-5-7-19(8-6-15)30-25(33)14-36-26-20(29)11-18(12-23(26)35-4)13-24-27(34)32-22-10-17(3)16(2)9-21(22)31-28(32)37-24/h5-13H,14H2,1-4H3,(H,30,33)/b24-13-. The summed E-state index contributed by atoms with van der Waals surface area (Å²) in [5.74, 6) is 0.680. The second-order valence-electron chi connectivity index (χ2n) is 8.81. The number of amides is 1. The Morgan fingerprint density at radius 3 is 2.57 bits per heavy atom. The van der Waals surface area contributed by atoms with Crippen LogP contribution in [0.1, 0.15) is 22.3 Å². The van der Waals surface area contributed by atoms with E-state index in [4.69, 9.17) is 9.47 Å². The van der Waals surface area contributed by atoms with Gasteiger partial charge in [-0.1, -0.05) is 29.0 Å². The first kappa shape index (κ1) is 25.2. The SMILES string of the molecule is COc1cc(/C=c2\sc3nc4cc(C)c(C)cc4n3c2=O)cc(I)c1OCC(=O)Nc1ccc(C)cc1. The van der Waals surface area contributed by atoms with E-state index in [1.54, 1.807) is 17.6 Å². The van der Waals surface area contributed by atoms with Crippen LogP contribution in [0.15, 0.2) is 53.3 Å². The van der Waals surface area contributed by atoms with Gasteiger partial charge in [0.15, 0.2) is 23.1 Å². The molecule has 7 nitrogen and oxygen atoms in total. The zero-order valence-electron chi connectivity index (χ0n) is 20.7. The monoisotopic (exact) mass is 625 g/mol. The molecule has 1 amide bonds. The number of hydrogen-bond donors (Lipinski definition) is 1. The number of imidazole rings is 1. The number of benzene rings is 3. The number of rotatable bonds is 6. The third-order valence-electron chi connectivity index (χ3n) is 6.09. The minimum atomic E-state index is -0.270. The maximum Gasteiger partial charge on any atom is 0.274 e. The molecule has 0 saturated carbocycles. The van der Waals surface area contributed by atoms with E-state index >= 15 is 0 Å². The largest absolute Gasteiger partial charge is 0.493 e. The molecule has 0 saturated heterocycles. The Morgan fingerprint density at radius 1 is 1.11 bits per heavy atom. The summed E-state index contributed by atoms with van der Waals surface area (Å²) in [5, 5.41) is 2.82. The lowest BCUT2D eigenvalue weighted by Gasteiger charge is -2.13. The van der Waals surface area contributed by atoms with E-state index in [-0.39, 0.29) is 18.1 Å². The van der Waals surface area contributed by atoms with Crippen LogP contribution in [0.25, 0.3) is 22.1 Å². The van der Waals surface area contributed by atoms with Crippen molar-refractivity contribution >= 4 is 67.6 Å². The Kier molecular flexibility index (Phi) is 6.91. The highest BCUT2D eigenvalue weighted by Gasteiger charge is 2.15. The molecule has 9 heteroatoms. The van der Waals surface area contributed by atoms with E-state index in [0.29, 0.717) is 26.7 Å². The zero-order valence-corrected chi connectivity index (χ0v) is 23.7. The highest BCUT2D eigenvalue weighted by Crippen LogP contribution is 2.34. The van der Waals surface area contributed by atoms with Gasteiger partial charge in [-0.3, -0.25) is 9.59 Å². The fourth-order valence-electron chi connectivity index (χ4n) is 4.00. The molecule has 5 aromatic rings. The lowest BCUT2D eigenvalue weighted by atomic mass is 10.1. The predicted molar refractivity (Wildman–Crippen MR) is 156 cm³/mol. The summed E-state index contributed by atoms with van der Waals surface area (Å²) in [6.07, 6.45) is 1.83. The molecule has 0 aliphatic rings. The van der Waals surface area contributed by atoms with Crippen LogP contribution in [0.4, 0.5) is 5.69 Å². The van der Waals surface area contributed by atoms with Gasteiger partial charge in [0.1, 0.15) is 0 Å². The number of methoxy groups -OCH3 is 1. The molecule has 0 spiro atoms. The summed E-state index contributed by atoms with van der Waals surface area (Å²) in [6, 6.07) is 15.3. The van der Waals surface area contributed by atoms with Crippen molar-refractivity contribution in [2.45, 2.75) is 20.8 Å². The number of nitrogens with one attached hydrogen (secondary N) is 1. The lowest BCUT2D eigenvalue weighted by molar-refractivity contribution is -0.118. The highest BCUT2D eigenvalue weighted by molar-refractivity contribution is 14.1. The van der Waals surface area contributed by atoms with Gasteiger partial charge in [0.2, 0.25) is 0 Å². The van der Waals surface area contributed by atoms with Crippen molar-refractivity contribution in [2.75, 3.05) is 19.0 Å². The van der Waals surface area contributed by atoms with Crippen LogP contribution in [0, 0.1) is 24.3 Å². The van der Waals surface area contributed by atoms with Crippen LogP contribution in [-0.4, -0.2) is 29.0 Å². The Bertz CT molecular complexity index is 1770. The van der Waals surface area contributed by atoms with Crippen molar-refractivity contribution in [3.63, 3.8) is 0 Å². The maximum absolute atomic E-state index is 13.3. The molecular weight excluding hydrogens is 601 g/mol. The van der Waals surface area contributed by atoms with E-state index in [0.717, 1.165) is 36.9 Å². The van der Waals surface area contributed by atoms with Crippen LogP contribution in [0.2, 0.25) is 0 Å². The number of halogens is 1. The van der Waals surface area contributed by atoms with E-state index in [1.165, 1.54) is 11.3 Å². The van der Waals surface area contributed by atoms with Gasteiger partial charge in [0.05, 0.1) is 26.2 Å². The molecule has 0 aliphatic heterocycles. The Hall–Kier alpha value is -3.44. The molecule has 0 atom stereocenters. The molecule has 188 valence electrons. The number of anilines is 1. The molecule has 2 heterocycles. The number of nitrogens with zero attached hydrogens (tertiary/aromatic N) is 2. The van der Waals surface area contributed by atoms with Crippen molar-refractivity contribution < 1.29 is 14.3 Å². The molecule has 2 aromatic heterocycles. The first-order chi connectivity index (χ1) is 17.7. The third-order valence-corrected chi connectivity index (χ3v) is 7.86. The van der Waals surface area contributed by atoms with Gasteiger partial charge in [-0.25, -0.2) is 9.38 Å². The van der Waals surface area contributed by atoms with Crippen molar-refractivity contribution in [2.24, 2.45) is 0 Å². The topological polar surface area (TPSA) is 81.9 Å². The van der Waals surface area contributed by atoms with Crippen LogP contribution in [-0.2, 0) is 4.79 Å². The average Bonchev–Trinajstić information content (AvgIpc) is 3.35. The van der Waals surface area contributed by atoms with Crippen molar-refractivity contribution in [3.05, 3.63) is 89.2 Å². The normalized spacial score (nSPS) is 11.9. The fourth-order valence-corrected chi connectivity index (χ4v) is 5.77. The molecule has 0 radical (unpaired) electrons. The van der Waals surface area contributed by atoms with Crippen molar-refractivity contribution in [1.82, 2.24) is 9.38 Å². The van der Waals surface area contributed by atoms with Gasteiger partial charge in [-0.2, -0.15) is 0 Å². The Morgan fingerprint density at radius 2 is 1.84 bits per heavy atom. The van der Waals surface area contributed by atoms with Crippen molar-refractivity contribution in [3.8, 4) is 11.5 Å². The first-order valence-corrected chi connectivity index (χ1v) is 13.4. The molecule has 37 heavy (non-hydrogen) atoms. The quantitative estimate of drug-likeness (QED) is 0.269. The van der Waals surface area contributed by atoms with Gasteiger partial charge >= 0.3 is 0 Å². The Labute approximate surface area is 230 Å². The third kappa shape index (κ3) is 5.05. The predicted octanol–water partition coefficient (Wildman–Crippen LogP) is 5.01. The smallest absolute Gasteiger partial charge is 0.274 e. The fraction of sp³-hybridized carbons (Fsp3) is 0.179. The molecule has 3 aromatic carbocycles. The number of ether oxygens (including phenoxy) is 2. The Balaban J connectivity index is 1.42. The van der Waals surface area contributed by atoms with Gasteiger partial charge in [0.25, 0.3) is 11.5 Å². The molecule has 1 N–H and O–H groups in total. The highest BCUT2D eigenvalue weighted by atomic mass is 127. The van der Waals surface area contributed by atoms with E-state index in [1.807, 2.05) is 69.3 Å². The number of carbonyl (C=O) groups excluding carboxylic acids is 1. The summed E-state index contributed by atoms with van der Waals surface area (Å²) >= 11 is 3.49. The maximum atomic E-state index is 13.3. The molecular formula is C28H24IN3O4S. The lowest BCUT2D eigenvalue weighted by Crippen LogP contribution is -2.22. The summed E-state index contributed by atoms with van der Waals surface area (Å²) in [6.45, 7) is 5.89. The van der Waals surface area contributed by atoms with Crippen molar-refractivity contribution in [1.29, 1.82) is 0 Å². The first-order valence-electron chi connectivity index (χ1n) is 11.5. The average molecular weight is 625 g/mol. The van der Waals surface area contributed by atoms with Crippen LogP contribution >= 0.6 is 33.9 Å². The minimum Gasteiger partial charge on any atom is -0.493 e. The molecule has 0 bridgehead atoms. The summed E-state index contributed by atoms with van der Waals surface area (Å²) in [4.78, 5) is 31.0. The molecule has 0 fully saturated rings. The molecule has 0 unspecified atom stereocenters. The number of aromatic nitrogens is 2. The van der Waals surface area contributed by atoms with E-state index < -0.39 is 0 Å². The number of carbonyl (C=O) groups is 1. The summed E-state index contributed by atoms with van der Waals surface area (Å²) < 4.78 is 14.4. The molecule has 0 aliphatic carbocycles. The number of aryl methyl sites for hydroxylation is 3. The zero-order chi connectivity index (χ0) is 26.3. The van der Waals surface area contributed by atoms with Gasteiger partial charge in [0, 0.05) is 5.69 Å². The number of hydrogen-bond acceptors (Lipinski definition) is 6. The summed E-state index contributed by atoms with van der Waals surface area (Å²) in [7, 11) is 1.54. The number of fused-ring (bicyclic) bond motifs is 3. The van der Waals surface area contributed by atoms with E-state index in [2.05, 4.69) is 32.9 Å². The second kappa shape index (κ2) is 10.1. The van der Waals surface area contributed by atoms with Crippen LogP contribution in [0.3, 0.4) is 0 Å². The second-order valence-corrected chi connectivity index (χ2v) is 11.0. The van der Waals surface area contributed by atoms with Gasteiger partial charge < -0.3 is 14.8 Å². The van der Waals surface area contributed by atoms with E-state index in [9.17, 15) is 9.59 Å². The minimum absolute atomic E-state index is 0.104. The number of thiazole rings is 1. The van der Waals surface area contributed by atoms with Gasteiger partial charge in [-0.05, 0) is 103 Å². The molecule has 5 rings (SSSR count). The van der Waals surface area contributed by atoms with Crippen LogP contribution in [0.5, 0.6) is 11.5 Å². The van der Waals surface area contributed by atoms with Crippen LogP contribution < -0.4 is 24.9 Å². The van der Waals surface area contributed by atoms with Gasteiger partial charge in [-0.15, -0.1) is 0 Å².